The lowest BCUT2D eigenvalue weighted by Gasteiger charge is -2.12. The van der Waals surface area contributed by atoms with Gasteiger partial charge in [-0.15, -0.1) is 11.3 Å². The first kappa shape index (κ1) is 11.3. The topological polar surface area (TPSA) is 38.9 Å². The molecule has 1 unspecified atom stereocenters. The van der Waals surface area contributed by atoms with Crippen LogP contribution in [0.25, 0.3) is 0 Å². The minimum atomic E-state index is 0.156. The van der Waals surface area contributed by atoms with Gasteiger partial charge >= 0.3 is 0 Å². The molecule has 3 heteroatoms. The summed E-state index contributed by atoms with van der Waals surface area (Å²) in [5.41, 5.74) is 11.7. The third-order valence-corrected chi connectivity index (χ3v) is 3.33. The first-order valence-electron chi connectivity index (χ1n) is 5.43. The van der Waals surface area contributed by atoms with Crippen LogP contribution in [-0.4, -0.2) is 11.0 Å². The molecular weight excluding hydrogens is 216 g/mol. The summed E-state index contributed by atoms with van der Waals surface area (Å²) in [4.78, 5) is 4.26. The standard InChI is InChI=1S/C13H16N2S/c1-10-4-2-3-5-11(10)6-12(14)7-13-8-16-9-15-13/h2-5,8-9,12H,6-7,14H2,1H3. The van der Waals surface area contributed by atoms with Crippen molar-refractivity contribution in [3.63, 3.8) is 0 Å². The maximum Gasteiger partial charge on any atom is 0.0794 e. The summed E-state index contributed by atoms with van der Waals surface area (Å²) in [5.74, 6) is 0. The molecule has 0 bridgehead atoms. The van der Waals surface area contributed by atoms with Gasteiger partial charge in [0, 0.05) is 17.8 Å². The number of hydrogen-bond donors (Lipinski definition) is 1. The molecule has 16 heavy (non-hydrogen) atoms. The second-order valence-electron chi connectivity index (χ2n) is 4.07. The summed E-state index contributed by atoms with van der Waals surface area (Å²) in [7, 11) is 0. The van der Waals surface area contributed by atoms with Crippen LogP contribution in [0, 0.1) is 6.92 Å². The molecule has 0 spiro atoms. The van der Waals surface area contributed by atoms with Crippen molar-refractivity contribution in [2.75, 3.05) is 0 Å². The Morgan fingerprint density at radius 3 is 2.81 bits per heavy atom. The number of rotatable bonds is 4. The second-order valence-corrected chi connectivity index (χ2v) is 4.79. The van der Waals surface area contributed by atoms with E-state index in [-0.39, 0.29) is 6.04 Å². The van der Waals surface area contributed by atoms with Crippen LogP contribution in [0.5, 0.6) is 0 Å². The summed E-state index contributed by atoms with van der Waals surface area (Å²) in [6.07, 6.45) is 1.78. The van der Waals surface area contributed by atoms with E-state index in [4.69, 9.17) is 5.73 Å². The molecule has 0 radical (unpaired) electrons. The first-order valence-corrected chi connectivity index (χ1v) is 6.37. The highest BCUT2D eigenvalue weighted by molar-refractivity contribution is 7.07. The van der Waals surface area contributed by atoms with Gasteiger partial charge in [0.05, 0.1) is 11.2 Å². The molecule has 0 aliphatic carbocycles. The molecule has 2 nitrogen and oxygen atoms in total. The number of benzene rings is 1. The van der Waals surface area contributed by atoms with E-state index >= 15 is 0 Å². The Hall–Kier alpha value is -1.19. The predicted molar refractivity (Wildman–Crippen MR) is 68.7 cm³/mol. The minimum Gasteiger partial charge on any atom is -0.327 e. The Kier molecular flexibility index (Phi) is 3.70. The third-order valence-electron chi connectivity index (χ3n) is 2.70. The Labute approximate surface area is 100 Å². The van der Waals surface area contributed by atoms with Crippen LogP contribution in [0.15, 0.2) is 35.2 Å². The van der Waals surface area contributed by atoms with Gasteiger partial charge in [-0.05, 0) is 24.5 Å². The molecule has 2 rings (SSSR count). The number of thiazole rings is 1. The quantitative estimate of drug-likeness (QED) is 0.880. The van der Waals surface area contributed by atoms with Crippen LogP contribution in [0.4, 0.5) is 0 Å². The molecule has 0 saturated carbocycles. The van der Waals surface area contributed by atoms with Crippen LogP contribution in [-0.2, 0) is 12.8 Å². The molecule has 2 N–H and O–H groups in total. The lowest BCUT2D eigenvalue weighted by Crippen LogP contribution is -2.26. The third kappa shape index (κ3) is 2.90. The van der Waals surface area contributed by atoms with E-state index in [2.05, 4.69) is 41.6 Å². The Morgan fingerprint density at radius 1 is 1.31 bits per heavy atom. The van der Waals surface area contributed by atoms with Crippen LogP contribution in [0.2, 0.25) is 0 Å². The Bertz CT molecular complexity index is 437. The maximum atomic E-state index is 6.13. The molecule has 1 aromatic heterocycles. The van der Waals surface area contributed by atoms with E-state index < -0.39 is 0 Å². The molecule has 0 amide bonds. The van der Waals surface area contributed by atoms with E-state index in [1.807, 2.05) is 5.51 Å². The lowest BCUT2D eigenvalue weighted by atomic mass is 9.99. The van der Waals surface area contributed by atoms with Crippen molar-refractivity contribution in [3.05, 3.63) is 52.0 Å². The van der Waals surface area contributed by atoms with Crippen molar-refractivity contribution in [1.29, 1.82) is 0 Å². The van der Waals surface area contributed by atoms with E-state index in [0.717, 1.165) is 18.5 Å². The fourth-order valence-corrected chi connectivity index (χ4v) is 2.37. The Balaban J connectivity index is 1.97. The monoisotopic (exact) mass is 232 g/mol. The smallest absolute Gasteiger partial charge is 0.0794 e. The van der Waals surface area contributed by atoms with Gasteiger partial charge in [0.25, 0.3) is 0 Å². The SMILES string of the molecule is Cc1ccccc1CC(N)Cc1cscn1. The van der Waals surface area contributed by atoms with Crippen molar-refractivity contribution >= 4 is 11.3 Å². The highest BCUT2D eigenvalue weighted by Gasteiger charge is 2.08. The van der Waals surface area contributed by atoms with Gasteiger partial charge in [0.15, 0.2) is 0 Å². The zero-order valence-electron chi connectivity index (χ0n) is 9.39. The van der Waals surface area contributed by atoms with E-state index in [9.17, 15) is 0 Å². The number of aromatic nitrogens is 1. The number of hydrogen-bond acceptors (Lipinski definition) is 3. The second kappa shape index (κ2) is 5.23. The first-order chi connectivity index (χ1) is 7.75. The van der Waals surface area contributed by atoms with Crippen LogP contribution >= 0.6 is 11.3 Å². The number of aryl methyl sites for hydroxylation is 1. The average Bonchev–Trinajstić information content (AvgIpc) is 2.74. The van der Waals surface area contributed by atoms with Crippen molar-refractivity contribution in [1.82, 2.24) is 4.98 Å². The van der Waals surface area contributed by atoms with Crippen molar-refractivity contribution < 1.29 is 0 Å². The van der Waals surface area contributed by atoms with Gasteiger partial charge in [0.2, 0.25) is 0 Å². The fraction of sp³-hybridized carbons (Fsp3) is 0.308. The molecule has 0 aliphatic rings. The zero-order chi connectivity index (χ0) is 11.4. The van der Waals surface area contributed by atoms with Crippen LogP contribution in [0.1, 0.15) is 16.8 Å². The number of nitrogens with two attached hydrogens (primary N) is 1. The minimum absolute atomic E-state index is 0.156. The predicted octanol–water partition coefficient (Wildman–Crippen LogP) is 2.56. The lowest BCUT2D eigenvalue weighted by molar-refractivity contribution is 0.654. The van der Waals surface area contributed by atoms with Crippen molar-refractivity contribution in [2.24, 2.45) is 5.73 Å². The van der Waals surface area contributed by atoms with Gasteiger partial charge in [-0.3, -0.25) is 0 Å². The molecule has 1 heterocycles. The van der Waals surface area contributed by atoms with Crippen LogP contribution in [0.3, 0.4) is 0 Å². The molecule has 0 aliphatic heterocycles. The fourth-order valence-electron chi connectivity index (χ4n) is 1.80. The van der Waals surface area contributed by atoms with Gasteiger partial charge < -0.3 is 5.73 Å². The highest BCUT2D eigenvalue weighted by atomic mass is 32.1. The maximum absolute atomic E-state index is 6.13. The molecule has 1 aromatic carbocycles. The zero-order valence-corrected chi connectivity index (χ0v) is 10.2. The van der Waals surface area contributed by atoms with Crippen molar-refractivity contribution in [3.8, 4) is 0 Å². The normalized spacial score (nSPS) is 12.6. The van der Waals surface area contributed by atoms with Crippen molar-refractivity contribution in [2.45, 2.75) is 25.8 Å². The van der Waals surface area contributed by atoms with E-state index in [1.54, 1.807) is 11.3 Å². The van der Waals surface area contributed by atoms with Gasteiger partial charge in [-0.25, -0.2) is 4.98 Å². The summed E-state index contributed by atoms with van der Waals surface area (Å²) >= 11 is 1.62. The van der Waals surface area contributed by atoms with Gasteiger partial charge in [-0.2, -0.15) is 0 Å². The molecule has 2 aromatic rings. The summed E-state index contributed by atoms with van der Waals surface area (Å²) < 4.78 is 0. The highest BCUT2D eigenvalue weighted by Crippen LogP contribution is 2.11. The largest absolute Gasteiger partial charge is 0.327 e. The summed E-state index contributed by atoms with van der Waals surface area (Å²) in [5, 5.41) is 2.07. The van der Waals surface area contributed by atoms with E-state index in [1.165, 1.54) is 11.1 Å². The molecular formula is C13H16N2S. The molecule has 0 saturated heterocycles. The van der Waals surface area contributed by atoms with Gasteiger partial charge in [0.1, 0.15) is 0 Å². The summed E-state index contributed by atoms with van der Waals surface area (Å²) in [6, 6.07) is 8.56. The average molecular weight is 232 g/mol. The molecule has 84 valence electrons. The molecule has 0 fully saturated rings. The van der Waals surface area contributed by atoms with Crippen LogP contribution < -0.4 is 5.73 Å². The van der Waals surface area contributed by atoms with E-state index in [0.29, 0.717) is 0 Å². The summed E-state index contributed by atoms with van der Waals surface area (Å²) in [6.45, 7) is 2.13. The molecule has 1 atom stereocenters. The Morgan fingerprint density at radius 2 is 2.12 bits per heavy atom. The number of nitrogens with zero attached hydrogens (tertiary/aromatic N) is 1. The van der Waals surface area contributed by atoms with Gasteiger partial charge in [-0.1, -0.05) is 24.3 Å².